The van der Waals surface area contributed by atoms with Crippen molar-refractivity contribution in [2.75, 3.05) is 18.7 Å². The minimum atomic E-state index is -3.94. The van der Waals surface area contributed by atoms with E-state index in [1.807, 2.05) is 30.3 Å². The van der Waals surface area contributed by atoms with E-state index in [-0.39, 0.29) is 17.8 Å². The van der Waals surface area contributed by atoms with Crippen molar-refractivity contribution in [2.45, 2.75) is 17.8 Å². The summed E-state index contributed by atoms with van der Waals surface area (Å²) in [6.45, 7) is 0.594. The molecule has 1 atom stereocenters. The van der Waals surface area contributed by atoms with Crippen molar-refractivity contribution in [3.05, 3.63) is 48.5 Å². The van der Waals surface area contributed by atoms with Crippen molar-refractivity contribution in [1.29, 1.82) is 0 Å². The van der Waals surface area contributed by atoms with Gasteiger partial charge < -0.3 is 14.8 Å². The quantitative estimate of drug-likeness (QED) is 0.331. The molecule has 30 heavy (non-hydrogen) atoms. The number of aromatic nitrogens is 3. The molecule has 0 saturated carbocycles. The molecular formula is C19H17N5O4S2. The molecule has 1 unspecified atom stereocenters. The maximum atomic E-state index is 12.6. The summed E-state index contributed by atoms with van der Waals surface area (Å²) in [5, 5.41) is 4.05. The molecule has 11 heteroatoms. The Balaban J connectivity index is 1.39. The van der Waals surface area contributed by atoms with Crippen LogP contribution in [0.3, 0.4) is 0 Å². The largest absolute Gasteiger partial charge is 0.456 e. The molecule has 1 aliphatic heterocycles. The van der Waals surface area contributed by atoms with Crippen LogP contribution in [0.5, 0.6) is 5.88 Å². The molecule has 154 valence electrons. The van der Waals surface area contributed by atoms with Gasteiger partial charge in [0.25, 0.3) is 15.2 Å². The van der Waals surface area contributed by atoms with Crippen molar-refractivity contribution in [3.63, 3.8) is 0 Å². The predicted molar refractivity (Wildman–Crippen MR) is 113 cm³/mol. The third kappa shape index (κ3) is 3.79. The Bertz CT molecular complexity index is 1290. The Hall–Kier alpha value is -2.86. The first-order chi connectivity index (χ1) is 14.6. The van der Waals surface area contributed by atoms with Crippen LogP contribution < -0.4 is 14.8 Å². The van der Waals surface area contributed by atoms with E-state index in [2.05, 4.69) is 25.0 Å². The molecule has 2 aromatic heterocycles. The van der Waals surface area contributed by atoms with Gasteiger partial charge >= 0.3 is 0 Å². The van der Waals surface area contributed by atoms with Crippen LogP contribution >= 0.6 is 11.3 Å². The third-order valence-corrected chi connectivity index (χ3v) is 6.73. The average molecular weight is 444 g/mol. The van der Waals surface area contributed by atoms with Crippen LogP contribution in [-0.4, -0.2) is 42.9 Å². The van der Waals surface area contributed by atoms with Crippen LogP contribution in [0.25, 0.3) is 21.1 Å². The van der Waals surface area contributed by atoms with E-state index in [9.17, 15) is 8.42 Å². The van der Waals surface area contributed by atoms with E-state index in [1.54, 1.807) is 18.2 Å². The molecule has 4 aromatic rings. The summed E-state index contributed by atoms with van der Waals surface area (Å²) in [6.07, 6.45) is 0.0672. The van der Waals surface area contributed by atoms with Crippen LogP contribution in [0, 0.1) is 0 Å². The Morgan fingerprint density at radius 1 is 1.07 bits per heavy atom. The Kier molecular flexibility index (Phi) is 4.95. The molecular weight excluding hydrogens is 426 g/mol. The molecule has 9 nitrogen and oxygen atoms in total. The summed E-state index contributed by atoms with van der Waals surface area (Å²) in [5.41, 5.74) is 1.37. The normalized spacial score (nSPS) is 16.5. The molecule has 3 heterocycles. The number of fused-ring (bicyclic) bond motifs is 2. The van der Waals surface area contributed by atoms with Gasteiger partial charge in [-0.2, -0.15) is 9.71 Å². The fraction of sp³-hybridized carbons (Fsp3) is 0.211. The van der Waals surface area contributed by atoms with Gasteiger partial charge in [-0.05, 0) is 24.3 Å². The van der Waals surface area contributed by atoms with Crippen molar-refractivity contribution in [3.8, 4) is 5.88 Å². The summed E-state index contributed by atoms with van der Waals surface area (Å²) in [4.78, 5) is 12.8. The number of sulfonamides is 1. The van der Waals surface area contributed by atoms with Gasteiger partial charge in [0.15, 0.2) is 11.9 Å². The minimum Gasteiger partial charge on any atom is -0.456 e. The number of ether oxygens (including phenoxy) is 2. The number of hydrogen-bond donors (Lipinski definition) is 2. The van der Waals surface area contributed by atoms with Crippen LogP contribution in [0.1, 0.15) is 6.42 Å². The number of rotatable bonds is 7. The van der Waals surface area contributed by atoms with E-state index >= 15 is 0 Å². The molecule has 2 aromatic carbocycles. The zero-order valence-corrected chi connectivity index (χ0v) is 17.2. The number of hydrogen-bond acceptors (Lipinski definition) is 9. The smallest absolute Gasteiger partial charge is 0.278 e. The van der Waals surface area contributed by atoms with E-state index < -0.39 is 16.3 Å². The fourth-order valence-corrected chi connectivity index (χ4v) is 4.83. The van der Waals surface area contributed by atoms with E-state index in [1.165, 1.54) is 11.3 Å². The molecule has 1 fully saturated rings. The highest BCUT2D eigenvalue weighted by Gasteiger charge is 2.28. The topological polar surface area (TPSA) is 115 Å². The van der Waals surface area contributed by atoms with Gasteiger partial charge in [0.05, 0.1) is 27.7 Å². The van der Waals surface area contributed by atoms with Crippen molar-refractivity contribution in [1.82, 2.24) is 19.7 Å². The van der Waals surface area contributed by atoms with Crippen molar-refractivity contribution >= 4 is 47.6 Å². The second-order valence-corrected chi connectivity index (χ2v) is 9.19. The molecule has 1 saturated heterocycles. The van der Waals surface area contributed by atoms with Crippen molar-refractivity contribution < 1.29 is 17.9 Å². The highest BCUT2D eigenvalue weighted by molar-refractivity contribution is 7.89. The van der Waals surface area contributed by atoms with Crippen LogP contribution in [0.4, 0.5) is 5.13 Å². The first-order valence-electron chi connectivity index (χ1n) is 9.21. The van der Waals surface area contributed by atoms with Gasteiger partial charge in [-0.25, -0.2) is 18.4 Å². The number of nitrogens with one attached hydrogen (secondary N) is 2. The van der Waals surface area contributed by atoms with Gasteiger partial charge in [0, 0.05) is 6.42 Å². The highest BCUT2D eigenvalue weighted by Crippen LogP contribution is 2.27. The van der Waals surface area contributed by atoms with Gasteiger partial charge in [-0.3, -0.25) is 0 Å². The number of anilines is 1. The summed E-state index contributed by atoms with van der Waals surface area (Å²) in [6, 6.07) is 14.9. The van der Waals surface area contributed by atoms with E-state index in [4.69, 9.17) is 9.47 Å². The van der Waals surface area contributed by atoms with Crippen LogP contribution in [-0.2, 0) is 14.8 Å². The molecule has 2 N–H and O–H groups in total. The highest BCUT2D eigenvalue weighted by atomic mass is 32.2. The van der Waals surface area contributed by atoms with Crippen LogP contribution in [0.15, 0.2) is 53.7 Å². The summed E-state index contributed by atoms with van der Waals surface area (Å²) in [5.74, 6) is 0.170. The predicted octanol–water partition coefficient (Wildman–Crippen LogP) is 2.71. The van der Waals surface area contributed by atoms with Crippen LogP contribution in [0.2, 0.25) is 0 Å². The summed E-state index contributed by atoms with van der Waals surface area (Å²) < 4.78 is 39.7. The summed E-state index contributed by atoms with van der Waals surface area (Å²) in [7, 11) is -3.94. The Morgan fingerprint density at radius 2 is 1.83 bits per heavy atom. The number of nitrogens with zero attached hydrogens (tertiary/aromatic N) is 3. The standard InChI is InChI=1S/C19H17N5O4S2/c25-30(26,24-16-9-10-27-16)19-22-13-6-2-1-5-12(13)17(23-19)28-11-20-18-21-14-7-3-4-8-15(14)29-18/h1-8,16,24H,9-11H2,(H,20,21). The SMILES string of the molecule is O=S(=O)(NC1CCO1)c1nc(OCNc2nc3ccccc3s2)c2ccccc2n1. The molecule has 0 spiro atoms. The fourth-order valence-electron chi connectivity index (χ4n) is 2.93. The van der Waals surface area contributed by atoms with Gasteiger partial charge in [-0.1, -0.05) is 35.6 Å². The lowest BCUT2D eigenvalue weighted by molar-refractivity contribution is -0.0566. The molecule has 0 radical (unpaired) electrons. The minimum absolute atomic E-state index is 0.0689. The third-order valence-electron chi connectivity index (χ3n) is 4.50. The number of para-hydroxylation sites is 2. The molecule has 0 bridgehead atoms. The maximum absolute atomic E-state index is 12.6. The zero-order valence-electron chi connectivity index (χ0n) is 15.6. The second-order valence-electron chi connectivity index (χ2n) is 6.55. The molecule has 0 aliphatic carbocycles. The van der Waals surface area contributed by atoms with Crippen molar-refractivity contribution in [2.24, 2.45) is 0 Å². The lowest BCUT2D eigenvalue weighted by Gasteiger charge is -2.26. The lowest BCUT2D eigenvalue weighted by atomic mass is 10.2. The van der Waals surface area contributed by atoms with E-state index in [0.717, 1.165) is 10.2 Å². The Labute approximate surface area is 176 Å². The first kappa shape index (κ1) is 19.1. The molecule has 1 aliphatic rings. The monoisotopic (exact) mass is 443 g/mol. The number of thiazole rings is 1. The maximum Gasteiger partial charge on any atom is 0.278 e. The molecule has 5 rings (SSSR count). The summed E-state index contributed by atoms with van der Waals surface area (Å²) >= 11 is 1.50. The van der Waals surface area contributed by atoms with Gasteiger partial charge in [0.2, 0.25) is 5.88 Å². The number of benzene rings is 2. The first-order valence-corrected chi connectivity index (χ1v) is 11.5. The molecule has 0 amide bonds. The van der Waals surface area contributed by atoms with Gasteiger partial charge in [-0.15, -0.1) is 0 Å². The van der Waals surface area contributed by atoms with Gasteiger partial charge in [0.1, 0.15) is 6.23 Å². The average Bonchev–Trinajstić information content (AvgIpc) is 3.13. The second kappa shape index (κ2) is 7.76. The lowest BCUT2D eigenvalue weighted by Crippen LogP contribution is -2.44. The van der Waals surface area contributed by atoms with E-state index in [0.29, 0.717) is 29.1 Å². The Morgan fingerprint density at radius 3 is 2.60 bits per heavy atom. The zero-order chi connectivity index (χ0) is 20.6.